The van der Waals surface area contributed by atoms with Crippen molar-refractivity contribution in [2.75, 3.05) is 6.54 Å². The van der Waals surface area contributed by atoms with Gasteiger partial charge in [-0.3, -0.25) is 4.99 Å². The van der Waals surface area contributed by atoms with Crippen molar-refractivity contribution in [3.63, 3.8) is 0 Å². The average Bonchev–Trinajstić information content (AvgIpc) is 1.89. The Kier molecular flexibility index (Phi) is 1.88. The molecular formula is C8H14N2. The summed E-state index contributed by atoms with van der Waals surface area (Å²) in [5, 5.41) is 0. The summed E-state index contributed by atoms with van der Waals surface area (Å²) in [6.07, 6.45) is 3.63. The first-order valence-corrected chi connectivity index (χ1v) is 3.68. The van der Waals surface area contributed by atoms with Gasteiger partial charge < -0.3 is 0 Å². The third-order valence-electron chi connectivity index (χ3n) is 2.27. The zero-order valence-corrected chi connectivity index (χ0v) is 6.83. The van der Waals surface area contributed by atoms with Crippen LogP contribution < -0.4 is 0 Å². The van der Waals surface area contributed by atoms with Gasteiger partial charge >= 0.3 is 0 Å². The van der Waals surface area contributed by atoms with Gasteiger partial charge in [-0.15, -0.1) is 0 Å². The molecule has 10 heavy (non-hydrogen) atoms. The quantitative estimate of drug-likeness (QED) is 0.527. The SMILES string of the molecule is CC(C)C1(C)C=NC=NC1. The second-order valence-corrected chi connectivity index (χ2v) is 3.39. The van der Waals surface area contributed by atoms with E-state index < -0.39 is 0 Å². The molecule has 0 radical (unpaired) electrons. The summed E-state index contributed by atoms with van der Waals surface area (Å²) in [6.45, 7) is 7.48. The van der Waals surface area contributed by atoms with Crippen LogP contribution in [0, 0.1) is 11.3 Å². The topological polar surface area (TPSA) is 24.7 Å². The van der Waals surface area contributed by atoms with Crippen molar-refractivity contribution in [1.29, 1.82) is 0 Å². The van der Waals surface area contributed by atoms with E-state index in [1.165, 1.54) is 0 Å². The molecule has 1 unspecified atom stereocenters. The summed E-state index contributed by atoms with van der Waals surface area (Å²) >= 11 is 0. The largest absolute Gasteiger partial charge is 0.273 e. The molecule has 0 aromatic heterocycles. The maximum absolute atomic E-state index is 4.13. The Bertz CT molecular complexity index is 170. The monoisotopic (exact) mass is 138 g/mol. The standard InChI is InChI=1S/C8H14N2/c1-7(2)8(3)4-9-6-10-5-8/h4,6-7H,5H2,1-3H3. The zero-order valence-electron chi connectivity index (χ0n) is 6.83. The van der Waals surface area contributed by atoms with Crippen LogP contribution in [-0.4, -0.2) is 19.1 Å². The van der Waals surface area contributed by atoms with E-state index in [4.69, 9.17) is 0 Å². The first-order valence-electron chi connectivity index (χ1n) is 3.68. The van der Waals surface area contributed by atoms with Gasteiger partial charge in [0.2, 0.25) is 0 Å². The predicted molar refractivity (Wildman–Crippen MR) is 44.8 cm³/mol. The zero-order chi connectivity index (χ0) is 7.61. The highest BCUT2D eigenvalue weighted by Gasteiger charge is 2.26. The van der Waals surface area contributed by atoms with E-state index in [2.05, 4.69) is 30.8 Å². The minimum absolute atomic E-state index is 0.189. The van der Waals surface area contributed by atoms with Crippen LogP contribution in [0.2, 0.25) is 0 Å². The van der Waals surface area contributed by atoms with Crippen LogP contribution in [0.25, 0.3) is 0 Å². The fraction of sp³-hybridized carbons (Fsp3) is 0.750. The Morgan fingerprint density at radius 1 is 1.50 bits per heavy atom. The van der Waals surface area contributed by atoms with E-state index in [9.17, 15) is 0 Å². The van der Waals surface area contributed by atoms with Crippen molar-refractivity contribution in [3.05, 3.63) is 0 Å². The van der Waals surface area contributed by atoms with Crippen molar-refractivity contribution in [2.24, 2.45) is 21.3 Å². The first-order chi connectivity index (χ1) is 4.65. The van der Waals surface area contributed by atoms with Crippen molar-refractivity contribution >= 4 is 12.6 Å². The van der Waals surface area contributed by atoms with Gasteiger partial charge in [-0.1, -0.05) is 20.8 Å². The highest BCUT2D eigenvalue weighted by atomic mass is 14.9. The van der Waals surface area contributed by atoms with Crippen molar-refractivity contribution < 1.29 is 0 Å². The molecule has 0 N–H and O–H groups in total. The summed E-state index contributed by atoms with van der Waals surface area (Å²) in [4.78, 5) is 8.16. The fourth-order valence-electron chi connectivity index (χ4n) is 0.861. The molecule has 0 saturated heterocycles. The number of hydrogen-bond acceptors (Lipinski definition) is 2. The van der Waals surface area contributed by atoms with Crippen LogP contribution in [0.3, 0.4) is 0 Å². The molecule has 2 heteroatoms. The lowest BCUT2D eigenvalue weighted by molar-refractivity contribution is 0.347. The normalized spacial score (nSPS) is 31.6. The van der Waals surface area contributed by atoms with Gasteiger partial charge in [-0.05, 0) is 5.92 Å². The van der Waals surface area contributed by atoms with E-state index in [0.29, 0.717) is 5.92 Å². The highest BCUT2D eigenvalue weighted by Crippen LogP contribution is 2.26. The van der Waals surface area contributed by atoms with Gasteiger partial charge in [-0.2, -0.15) is 0 Å². The lowest BCUT2D eigenvalue weighted by Gasteiger charge is -2.28. The molecule has 2 nitrogen and oxygen atoms in total. The van der Waals surface area contributed by atoms with E-state index >= 15 is 0 Å². The summed E-state index contributed by atoms with van der Waals surface area (Å²) in [6, 6.07) is 0. The molecule has 0 aromatic rings. The molecule has 1 aliphatic heterocycles. The van der Waals surface area contributed by atoms with Crippen molar-refractivity contribution in [2.45, 2.75) is 20.8 Å². The molecule has 0 fully saturated rings. The molecule has 1 atom stereocenters. The second-order valence-electron chi connectivity index (χ2n) is 3.39. The van der Waals surface area contributed by atoms with Crippen LogP contribution >= 0.6 is 0 Å². The minimum atomic E-state index is 0.189. The molecule has 1 heterocycles. The Morgan fingerprint density at radius 3 is 2.50 bits per heavy atom. The first kappa shape index (κ1) is 7.45. The number of hydrogen-bond donors (Lipinski definition) is 0. The minimum Gasteiger partial charge on any atom is -0.273 e. The molecule has 0 amide bonds. The van der Waals surface area contributed by atoms with Gasteiger partial charge in [0.25, 0.3) is 0 Å². The van der Waals surface area contributed by atoms with Gasteiger partial charge in [0.15, 0.2) is 0 Å². The van der Waals surface area contributed by atoms with Gasteiger partial charge in [0.05, 0.1) is 6.54 Å². The second kappa shape index (κ2) is 2.52. The fourth-order valence-corrected chi connectivity index (χ4v) is 0.861. The predicted octanol–water partition coefficient (Wildman–Crippen LogP) is 1.76. The smallest absolute Gasteiger partial charge is 0.109 e. The van der Waals surface area contributed by atoms with E-state index in [0.717, 1.165) is 6.54 Å². The summed E-state index contributed by atoms with van der Waals surface area (Å²) in [7, 11) is 0. The Morgan fingerprint density at radius 2 is 2.20 bits per heavy atom. The molecule has 0 aromatic carbocycles. The summed E-state index contributed by atoms with van der Waals surface area (Å²) < 4.78 is 0. The molecule has 0 saturated carbocycles. The third-order valence-corrected chi connectivity index (χ3v) is 2.27. The van der Waals surface area contributed by atoms with Crippen LogP contribution in [0.4, 0.5) is 0 Å². The van der Waals surface area contributed by atoms with E-state index in [-0.39, 0.29) is 5.41 Å². The molecular weight excluding hydrogens is 124 g/mol. The Labute approximate surface area is 62.1 Å². The Balaban J connectivity index is 2.70. The number of nitrogens with zero attached hydrogens (tertiary/aromatic N) is 2. The summed E-state index contributed by atoms with van der Waals surface area (Å²) in [5.41, 5.74) is 0.189. The highest BCUT2D eigenvalue weighted by molar-refractivity contribution is 5.78. The van der Waals surface area contributed by atoms with Gasteiger partial charge in [0.1, 0.15) is 6.34 Å². The number of rotatable bonds is 1. The Hall–Kier alpha value is -0.660. The summed E-state index contributed by atoms with van der Waals surface area (Å²) in [5.74, 6) is 0.619. The molecule has 0 bridgehead atoms. The van der Waals surface area contributed by atoms with E-state index in [1.54, 1.807) is 6.34 Å². The van der Waals surface area contributed by atoms with E-state index in [1.807, 2.05) is 6.21 Å². The molecule has 1 rings (SSSR count). The third kappa shape index (κ3) is 1.25. The van der Waals surface area contributed by atoms with Crippen molar-refractivity contribution in [1.82, 2.24) is 0 Å². The lowest BCUT2D eigenvalue weighted by atomic mass is 9.80. The van der Waals surface area contributed by atoms with Crippen LogP contribution in [0.1, 0.15) is 20.8 Å². The molecule has 1 aliphatic rings. The average molecular weight is 138 g/mol. The van der Waals surface area contributed by atoms with Crippen molar-refractivity contribution in [3.8, 4) is 0 Å². The van der Waals surface area contributed by atoms with Gasteiger partial charge in [0, 0.05) is 11.6 Å². The maximum Gasteiger partial charge on any atom is 0.109 e. The van der Waals surface area contributed by atoms with Gasteiger partial charge in [-0.25, -0.2) is 4.99 Å². The van der Waals surface area contributed by atoms with Crippen LogP contribution in [0.5, 0.6) is 0 Å². The molecule has 0 aliphatic carbocycles. The maximum atomic E-state index is 4.13. The number of aliphatic imine (C=N–C) groups is 2. The van der Waals surface area contributed by atoms with Crippen LogP contribution in [-0.2, 0) is 0 Å². The van der Waals surface area contributed by atoms with Crippen LogP contribution in [0.15, 0.2) is 9.98 Å². The molecule has 56 valence electrons. The molecule has 0 spiro atoms. The lowest BCUT2D eigenvalue weighted by Crippen LogP contribution is -2.30.